The van der Waals surface area contributed by atoms with Crippen molar-refractivity contribution in [3.8, 4) is 0 Å². The highest BCUT2D eigenvalue weighted by molar-refractivity contribution is 5.96. The topological polar surface area (TPSA) is 57.2 Å². The van der Waals surface area contributed by atoms with Gasteiger partial charge in [0.15, 0.2) is 0 Å². The Balaban J connectivity index is 2.79. The van der Waals surface area contributed by atoms with E-state index < -0.39 is 23.5 Å². The normalized spacial score (nSPS) is 12.1. The van der Waals surface area contributed by atoms with Gasteiger partial charge >= 0.3 is 0 Å². The standard InChI is InChI=1S/C11H11FO3/c1-7(13)10(11(14)15)6-8-2-4-9(12)5-3-8/h2-5,10H,6H2,1H3,(H,14,15)/p-1. The lowest BCUT2D eigenvalue weighted by molar-refractivity contribution is -0.309. The number of hydrogen-bond acceptors (Lipinski definition) is 3. The fraction of sp³-hybridized carbons (Fsp3) is 0.273. The molecule has 1 atom stereocenters. The summed E-state index contributed by atoms with van der Waals surface area (Å²) in [5.41, 5.74) is 0.598. The van der Waals surface area contributed by atoms with Crippen molar-refractivity contribution in [1.82, 2.24) is 0 Å². The van der Waals surface area contributed by atoms with Crippen molar-refractivity contribution in [1.29, 1.82) is 0 Å². The van der Waals surface area contributed by atoms with Crippen LogP contribution in [0.1, 0.15) is 12.5 Å². The van der Waals surface area contributed by atoms with Crippen LogP contribution >= 0.6 is 0 Å². The number of aliphatic carboxylic acids is 1. The van der Waals surface area contributed by atoms with Crippen LogP contribution in [0.2, 0.25) is 0 Å². The maximum atomic E-state index is 12.5. The van der Waals surface area contributed by atoms with E-state index in [1.807, 2.05) is 0 Å². The van der Waals surface area contributed by atoms with Crippen molar-refractivity contribution in [2.45, 2.75) is 13.3 Å². The van der Waals surface area contributed by atoms with Gasteiger partial charge < -0.3 is 9.90 Å². The fourth-order valence-electron chi connectivity index (χ4n) is 1.25. The van der Waals surface area contributed by atoms with Crippen molar-refractivity contribution < 1.29 is 19.1 Å². The summed E-state index contributed by atoms with van der Waals surface area (Å²) in [6.07, 6.45) is 0.0396. The maximum Gasteiger partial charge on any atom is 0.138 e. The largest absolute Gasteiger partial charge is 0.549 e. The van der Waals surface area contributed by atoms with Crippen molar-refractivity contribution in [3.63, 3.8) is 0 Å². The molecule has 0 aliphatic carbocycles. The molecule has 4 heteroatoms. The van der Waals surface area contributed by atoms with Crippen molar-refractivity contribution in [2.75, 3.05) is 0 Å². The Hall–Kier alpha value is -1.71. The fourth-order valence-corrected chi connectivity index (χ4v) is 1.25. The first kappa shape index (κ1) is 11.4. The van der Waals surface area contributed by atoms with E-state index in [-0.39, 0.29) is 6.42 Å². The minimum atomic E-state index is -1.40. The predicted molar refractivity (Wildman–Crippen MR) is 49.3 cm³/mol. The number of benzene rings is 1. The van der Waals surface area contributed by atoms with Gasteiger partial charge in [-0.2, -0.15) is 0 Å². The highest BCUT2D eigenvalue weighted by Gasteiger charge is 2.15. The van der Waals surface area contributed by atoms with Crippen LogP contribution in [0.5, 0.6) is 0 Å². The molecular formula is C11H10FO3-. The third-order valence-electron chi connectivity index (χ3n) is 2.13. The minimum Gasteiger partial charge on any atom is -0.549 e. The number of ketones is 1. The number of carboxylic acid groups (broad SMARTS) is 1. The van der Waals surface area contributed by atoms with Crippen LogP contribution in [0, 0.1) is 11.7 Å². The van der Waals surface area contributed by atoms with E-state index >= 15 is 0 Å². The molecule has 1 aromatic carbocycles. The zero-order valence-electron chi connectivity index (χ0n) is 8.20. The van der Waals surface area contributed by atoms with E-state index in [1.165, 1.54) is 31.2 Å². The minimum absolute atomic E-state index is 0.0396. The van der Waals surface area contributed by atoms with Crippen molar-refractivity contribution in [2.24, 2.45) is 5.92 Å². The predicted octanol–water partition coefficient (Wildman–Crippen LogP) is 0.323. The lowest BCUT2D eigenvalue weighted by atomic mass is 9.96. The van der Waals surface area contributed by atoms with E-state index in [0.717, 1.165) is 0 Å². The molecule has 0 bridgehead atoms. The number of hydrogen-bond donors (Lipinski definition) is 0. The van der Waals surface area contributed by atoms with Gasteiger partial charge in [0, 0.05) is 0 Å². The lowest BCUT2D eigenvalue weighted by Crippen LogP contribution is -2.36. The first-order chi connectivity index (χ1) is 7.00. The summed E-state index contributed by atoms with van der Waals surface area (Å²) in [7, 11) is 0. The van der Waals surface area contributed by atoms with Crippen LogP contribution in [0.4, 0.5) is 4.39 Å². The third kappa shape index (κ3) is 3.16. The van der Waals surface area contributed by atoms with Crippen LogP contribution in [0.15, 0.2) is 24.3 Å². The molecule has 0 aliphatic rings. The second-order valence-electron chi connectivity index (χ2n) is 3.31. The summed E-state index contributed by atoms with van der Waals surface area (Å²) >= 11 is 0. The highest BCUT2D eigenvalue weighted by atomic mass is 19.1. The highest BCUT2D eigenvalue weighted by Crippen LogP contribution is 2.10. The molecule has 0 amide bonds. The quantitative estimate of drug-likeness (QED) is 0.671. The van der Waals surface area contributed by atoms with Gasteiger partial charge in [0.05, 0.1) is 11.9 Å². The van der Waals surface area contributed by atoms with Gasteiger partial charge in [0.1, 0.15) is 11.6 Å². The van der Waals surface area contributed by atoms with Crippen LogP contribution in [0.25, 0.3) is 0 Å². The number of halogens is 1. The summed E-state index contributed by atoms with van der Waals surface area (Å²) < 4.78 is 12.5. The van der Waals surface area contributed by atoms with Crippen molar-refractivity contribution >= 4 is 11.8 Å². The van der Waals surface area contributed by atoms with Gasteiger partial charge in [-0.05, 0) is 31.0 Å². The Kier molecular flexibility index (Phi) is 3.55. The molecule has 1 unspecified atom stereocenters. The Labute approximate surface area is 86.5 Å². The number of carbonyl (C=O) groups excluding carboxylic acids is 2. The molecule has 0 heterocycles. The van der Waals surface area contributed by atoms with Gasteiger partial charge in [0.25, 0.3) is 0 Å². The second-order valence-corrected chi connectivity index (χ2v) is 3.31. The zero-order valence-corrected chi connectivity index (χ0v) is 8.20. The number of Topliss-reactive ketones (excluding diaryl/α,β-unsaturated/α-hetero) is 1. The Morgan fingerprint density at radius 3 is 2.27 bits per heavy atom. The molecule has 1 rings (SSSR count). The van der Waals surface area contributed by atoms with Gasteiger partial charge in [0.2, 0.25) is 0 Å². The van der Waals surface area contributed by atoms with Gasteiger partial charge in [-0.25, -0.2) is 4.39 Å². The maximum absolute atomic E-state index is 12.5. The average Bonchev–Trinajstić information content (AvgIpc) is 2.15. The molecule has 80 valence electrons. The van der Waals surface area contributed by atoms with Gasteiger partial charge in [-0.3, -0.25) is 4.79 Å². The molecule has 0 spiro atoms. The van der Waals surface area contributed by atoms with E-state index in [4.69, 9.17) is 0 Å². The molecule has 0 aromatic heterocycles. The van der Waals surface area contributed by atoms with E-state index in [9.17, 15) is 19.1 Å². The van der Waals surface area contributed by atoms with Gasteiger partial charge in [-0.15, -0.1) is 0 Å². The summed E-state index contributed by atoms with van der Waals surface area (Å²) in [6, 6.07) is 5.35. The lowest BCUT2D eigenvalue weighted by Gasteiger charge is -2.14. The van der Waals surface area contributed by atoms with Crippen LogP contribution in [-0.4, -0.2) is 11.8 Å². The molecule has 1 aromatic rings. The summed E-state index contributed by atoms with van der Waals surface area (Å²) in [4.78, 5) is 21.6. The molecule has 0 fully saturated rings. The molecule has 15 heavy (non-hydrogen) atoms. The third-order valence-corrected chi connectivity index (χ3v) is 2.13. The molecule has 0 N–H and O–H groups in total. The zero-order chi connectivity index (χ0) is 11.4. The van der Waals surface area contributed by atoms with E-state index in [2.05, 4.69) is 0 Å². The van der Waals surface area contributed by atoms with Crippen LogP contribution < -0.4 is 5.11 Å². The van der Waals surface area contributed by atoms with Crippen LogP contribution in [-0.2, 0) is 16.0 Å². The number of carbonyl (C=O) groups is 2. The average molecular weight is 209 g/mol. The van der Waals surface area contributed by atoms with Crippen molar-refractivity contribution in [3.05, 3.63) is 35.6 Å². The van der Waals surface area contributed by atoms with Gasteiger partial charge in [-0.1, -0.05) is 12.1 Å². The SMILES string of the molecule is CC(=O)C(Cc1ccc(F)cc1)C(=O)[O-]. The molecular weight excluding hydrogens is 199 g/mol. The molecule has 0 saturated carbocycles. The molecule has 0 radical (unpaired) electrons. The summed E-state index contributed by atoms with van der Waals surface area (Å²) in [5, 5.41) is 10.6. The molecule has 0 aliphatic heterocycles. The second kappa shape index (κ2) is 4.68. The Bertz CT molecular complexity index is 356. The molecule has 0 saturated heterocycles. The monoisotopic (exact) mass is 209 g/mol. The first-order valence-electron chi connectivity index (χ1n) is 4.46. The van der Waals surface area contributed by atoms with Crippen LogP contribution in [0.3, 0.4) is 0 Å². The number of carboxylic acids is 1. The van der Waals surface area contributed by atoms with E-state index in [0.29, 0.717) is 5.56 Å². The summed E-state index contributed by atoms with van der Waals surface area (Å²) in [5.74, 6) is -3.41. The molecule has 3 nitrogen and oxygen atoms in total. The number of rotatable bonds is 4. The smallest absolute Gasteiger partial charge is 0.138 e. The summed E-state index contributed by atoms with van der Waals surface area (Å²) in [6.45, 7) is 1.20. The Morgan fingerprint density at radius 1 is 1.33 bits per heavy atom. The first-order valence-corrected chi connectivity index (χ1v) is 4.46. The Morgan fingerprint density at radius 2 is 1.87 bits per heavy atom. The van der Waals surface area contributed by atoms with E-state index in [1.54, 1.807) is 0 Å².